The van der Waals surface area contributed by atoms with E-state index in [1.807, 2.05) is 12.1 Å². The van der Waals surface area contributed by atoms with Crippen molar-refractivity contribution in [3.8, 4) is 0 Å². The van der Waals surface area contributed by atoms with Crippen LogP contribution in [-0.2, 0) is 6.42 Å². The highest BCUT2D eigenvalue weighted by atomic mass is 16.3. The van der Waals surface area contributed by atoms with Crippen LogP contribution in [0.1, 0.15) is 21.8 Å². The summed E-state index contributed by atoms with van der Waals surface area (Å²) in [6.07, 6.45) is 2.10. The number of nitrogen functional groups attached to an aromatic ring is 1. The van der Waals surface area contributed by atoms with Gasteiger partial charge in [-0.2, -0.15) is 0 Å². The summed E-state index contributed by atoms with van der Waals surface area (Å²) in [4.78, 5) is 18.0. The van der Waals surface area contributed by atoms with Gasteiger partial charge in [0.15, 0.2) is 6.39 Å². The molecule has 0 saturated carbocycles. The van der Waals surface area contributed by atoms with E-state index in [9.17, 15) is 4.79 Å². The summed E-state index contributed by atoms with van der Waals surface area (Å²) in [5.74, 6) is 0.104. The predicted octanol–water partition coefficient (Wildman–Crippen LogP) is 1.77. The van der Waals surface area contributed by atoms with E-state index in [0.29, 0.717) is 17.9 Å². The van der Waals surface area contributed by atoms with Crippen molar-refractivity contribution < 1.29 is 9.21 Å². The predicted molar refractivity (Wildman–Crippen MR) is 67.5 cm³/mol. The van der Waals surface area contributed by atoms with E-state index in [4.69, 9.17) is 10.2 Å². The molecule has 5 heteroatoms. The lowest BCUT2D eigenvalue weighted by Gasteiger charge is -2.17. The third-order valence-corrected chi connectivity index (χ3v) is 3.21. The number of aryl methyl sites for hydroxylation is 1. The number of anilines is 2. The number of nitrogens with zero attached hydrogens (tertiary/aromatic N) is 2. The topological polar surface area (TPSA) is 72.4 Å². The van der Waals surface area contributed by atoms with Gasteiger partial charge in [-0.1, -0.05) is 12.1 Å². The number of fused-ring (bicyclic) bond motifs is 1. The molecule has 2 aromatic rings. The van der Waals surface area contributed by atoms with Gasteiger partial charge in [-0.3, -0.25) is 4.79 Å². The minimum atomic E-state index is -0.179. The minimum Gasteiger partial charge on any atom is -0.438 e. The lowest BCUT2D eigenvalue weighted by atomic mass is 10.1. The molecule has 0 saturated heterocycles. The smallest absolute Gasteiger partial charge is 0.296 e. The third-order valence-electron chi connectivity index (χ3n) is 3.21. The SMILES string of the molecule is Cc1ncoc1C(=O)N1CCc2cccc(N)c21. The van der Waals surface area contributed by atoms with Gasteiger partial charge >= 0.3 is 0 Å². The number of benzene rings is 1. The van der Waals surface area contributed by atoms with Gasteiger partial charge in [0.25, 0.3) is 5.91 Å². The van der Waals surface area contributed by atoms with Crippen LogP contribution in [0.2, 0.25) is 0 Å². The van der Waals surface area contributed by atoms with Crippen molar-refractivity contribution in [1.82, 2.24) is 4.98 Å². The molecule has 18 heavy (non-hydrogen) atoms. The van der Waals surface area contributed by atoms with Gasteiger partial charge in [0, 0.05) is 6.54 Å². The molecule has 0 atom stereocenters. The summed E-state index contributed by atoms with van der Waals surface area (Å²) in [7, 11) is 0. The Labute approximate surface area is 104 Å². The summed E-state index contributed by atoms with van der Waals surface area (Å²) in [5.41, 5.74) is 9.07. The standard InChI is InChI=1S/C13H13N3O2/c1-8-12(18-7-15-8)13(17)16-6-5-9-3-2-4-10(14)11(9)16/h2-4,7H,5-6,14H2,1H3. The van der Waals surface area contributed by atoms with Gasteiger partial charge in [0.05, 0.1) is 17.1 Å². The Hall–Kier alpha value is -2.30. The van der Waals surface area contributed by atoms with Crippen LogP contribution in [0.4, 0.5) is 11.4 Å². The second-order valence-corrected chi connectivity index (χ2v) is 4.33. The van der Waals surface area contributed by atoms with Crippen molar-refractivity contribution in [2.75, 3.05) is 17.2 Å². The van der Waals surface area contributed by atoms with Crippen LogP contribution in [0.25, 0.3) is 0 Å². The largest absolute Gasteiger partial charge is 0.438 e. The number of para-hydroxylation sites is 1. The van der Waals surface area contributed by atoms with Crippen molar-refractivity contribution in [3.63, 3.8) is 0 Å². The van der Waals surface area contributed by atoms with Crippen LogP contribution in [0, 0.1) is 6.92 Å². The molecule has 0 unspecified atom stereocenters. The van der Waals surface area contributed by atoms with E-state index < -0.39 is 0 Å². The van der Waals surface area contributed by atoms with E-state index in [-0.39, 0.29) is 11.7 Å². The zero-order chi connectivity index (χ0) is 12.7. The summed E-state index contributed by atoms with van der Waals surface area (Å²) in [5, 5.41) is 0. The fourth-order valence-corrected chi connectivity index (χ4v) is 2.32. The van der Waals surface area contributed by atoms with E-state index >= 15 is 0 Å². The summed E-state index contributed by atoms with van der Waals surface area (Å²) in [6, 6.07) is 5.70. The van der Waals surface area contributed by atoms with Crippen molar-refractivity contribution in [1.29, 1.82) is 0 Å². The van der Waals surface area contributed by atoms with Crippen LogP contribution in [0.3, 0.4) is 0 Å². The van der Waals surface area contributed by atoms with Gasteiger partial charge in [0.2, 0.25) is 5.76 Å². The fourth-order valence-electron chi connectivity index (χ4n) is 2.32. The number of hydrogen-bond acceptors (Lipinski definition) is 4. The molecule has 3 rings (SSSR count). The van der Waals surface area contributed by atoms with Gasteiger partial charge in [-0.15, -0.1) is 0 Å². The Morgan fingerprint density at radius 2 is 2.33 bits per heavy atom. The Morgan fingerprint density at radius 1 is 1.50 bits per heavy atom. The molecule has 0 aliphatic carbocycles. The number of aromatic nitrogens is 1. The molecule has 1 aromatic carbocycles. The Morgan fingerprint density at radius 3 is 3.06 bits per heavy atom. The first-order chi connectivity index (χ1) is 8.68. The monoisotopic (exact) mass is 243 g/mol. The first-order valence-corrected chi connectivity index (χ1v) is 5.78. The molecule has 2 N–H and O–H groups in total. The molecular formula is C13H13N3O2. The number of nitrogens with two attached hydrogens (primary N) is 1. The molecule has 1 aromatic heterocycles. The molecular weight excluding hydrogens is 230 g/mol. The first kappa shape index (κ1) is 10.8. The summed E-state index contributed by atoms with van der Waals surface area (Å²) in [6.45, 7) is 2.38. The number of carbonyl (C=O) groups excluding carboxylic acids is 1. The van der Waals surface area contributed by atoms with Crippen LogP contribution in [0.15, 0.2) is 29.0 Å². The van der Waals surface area contributed by atoms with E-state index in [1.165, 1.54) is 6.39 Å². The number of hydrogen-bond donors (Lipinski definition) is 1. The minimum absolute atomic E-state index is 0.179. The second kappa shape index (κ2) is 3.87. The average Bonchev–Trinajstić information content (AvgIpc) is 2.95. The molecule has 0 fully saturated rings. The molecule has 0 radical (unpaired) electrons. The molecule has 1 aliphatic heterocycles. The van der Waals surface area contributed by atoms with Crippen LogP contribution in [-0.4, -0.2) is 17.4 Å². The van der Waals surface area contributed by atoms with Crippen molar-refractivity contribution in [2.24, 2.45) is 0 Å². The molecule has 2 heterocycles. The first-order valence-electron chi connectivity index (χ1n) is 5.78. The Bertz CT molecular complexity index is 618. The average molecular weight is 243 g/mol. The second-order valence-electron chi connectivity index (χ2n) is 4.33. The van der Waals surface area contributed by atoms with Crippen LogP contribution in [0.5, 0.6) is 0 Å². The molecule has 0 bridgehead atoms. The highest BCUT2D eigenvalue weighted by molar-refractivity contribution is 6.07. The number of oxazole rings is 1. The fraction of sp³-hybridized carbons (Fsp3) is 0.231. The molecule has 92 valence electrons. The van der Waals surface area contributed by atoms with E-state index in [0.717, 1.165) is 17.7 Å². The maximum atomic E-state index is 12.4. The molecule has 5 nitrogen and oxygen atoms in total. The lowest BCUT2D eigenvalue weighted by Crippen LogP contribution is -2.29. The van der Waals surface area contributed by atoms with Crippen molar-refractivity contribution >= 4 is 17.3 Å². The maximum absolute atomic E-state index is 12.4. The molecule has 1 aliphatic rings. The zero-order valence-electron chi connectivity index (χ0n) is 10.0. The van der Waals surface area contributed by atoms with Crippen molar-refractivity contribution in [2.45, 2.75) is 13.3 Å². The highest BCUT2D eigenvalue weighted by Crippen LogP contribution is 2.34. The van der Waals surface area contributed by atoms with Gasteiger partial charge < -0.3 is 15.1 Å². The number of rotatable bonds is 1. The highest BCUT2D eigenvalue weighted by Gasteiger charge is 2.30. The van der Waals surface area contributed by atoms with Gasteiger partial charge in [0.1, 0.15) is 0 Å². The number of amides is 1. The molecule has 0 spiro atoms. The Kier molecular flexibility index (Phi) is 2.33. The Balaban J connectivity index is 2.03. The maximum Gasteiger partial charge on any atom is 0.296 e. The van der Waals surface area contributed by atoms with Crippen LogP contribution >= 0.6 is 0 Å². The van der Waals surface area contributed by atoms with Gasteiger partial charge in [-0.05, 0) is 25.0 Å². The van der Waals surface area contributed by atoms with Crippen molar-refractivity contribution in [3.05, 3.63) is 41.6 Å². The van der Waals surface area contributed by atoms with Crippen LogP contribution < -0.4 is 10.6 Å². The summed E-state index contributed by atoms with van der Waals surface area (Å²) < 4.78 is 5.15. The molecule has 1 amide bonds. The van der Waals surface area contributed by atoms with Gasteiger partial charge in [-0.25, -0.2) is 4.98 Å². The van der Waals surface area contributed by atoms with E-state index in [2.05, 4.69) is 4.98 Å². The summed E-state index contributed by atoms with van der Waals surface area (Å²) >= 11 is 0. The number of carbonyl (C=O) groups is 1. The van der Waals surface area contributed by atoms with E-state index in [1.54, 1.807) is 17.9 Å². The lowest BCUT2D eigenvalue weighted by molar-refractivity contribution is 0.0962. The third kappa shape index (κ3) is 1.48. The zero-order valence-corrected chi connectivity index (χ0v) is 10.0. The normalized spacial score (nSPS) is 13.7. The quantitative estimate of drug-likeness (QED) is 0.775.